The number of rotatable bonds is 4. The highest BCUT2D eigenvalue weighted by Gasteiger charge is 2.19. The van der Waals surface area contributed by atoms with Gasteiger partial charge in [-0.05, 0) is 6.92 Å². The van der Waals surface area contributed by atoms with E-state index < -0.39 is 11.9 Å². The van der Waals surface area contributed by atoms with Crippen molar-refractivity contribution in [2.24, 2.45) is 0 Å². The van der Waals surface area contributed by atoms with Crippen LogP contribution in [0.15, 0.2) is 0 Å². The van der Waals surface area contributed by atoms with Gasteiger partial charge < -0.3 is 9.47 Å². The number of esters is 2. The zero-order valence-electron chi connectivity index (χ0n) is 11.3. The van der Waals surface area contributed by atoms with Crippen LogP contribution in [0.3, 0.4) is 0 Å². The first-order valence-corrected chi connectivity index (χ1v) is 5.74. The van der Waals surface area contributed by atoms with Gasteiger partial charge in [-0.3, -0.25) is 14.4 Å². The fourth-order valence-corrected chi connectivity index (χ4v) is 1.62. The van der Waals surface area contributed by atoms with Crippen molar-refractivity contribution < 1.29 is 23.9 Å². The zero-order valence-corrected chi connectivity index (χ0v) is 11.3. The van der Waals surface area contributed by atoms with Crippen molar-refractivity contribution in [1.29, 1.82) is 0 Å². The Kier molecular flexibility index (Phi) is 4.80. The van der Waals surface area contributed by atoms with Crippen molar-refractivity contribution in [2.45, 2.75) is 34.1 Å². The Morgan fingerprint density at radius 2 is 1.79 bits per heavy atom. The first-order valence-electron chi connectivity index (χ1n) is 5.74. The van der Waals surface area contributed by atoms with E-state index in [0.29, 0.717) is 17.7 Å². The predicted molar refractivity (Wildman–Crippen MR) is 64.9 cm³/mol. The highest BCUT2D eigenvalue weighted by molar-refractivity contribution is 5.77. The Balaban J connectivity index is 3.00. The Morgan fingerprint density at radius 1 is 1.16 bits per heavy atom. The van der Waals surface area contributed by atoms with Crippen LogP contribution >= 0.6 is 0 Å². The minimum Gasteiger partial charge on any atom is -0.466 e. The van der Waals surface area contributed by atoms with Crippen LogP contribution in [0.5, 0.6) is 5.88 Å². The molecule has 1 heterocycles. The van der Waals surface area contributed by atoms with Crippen LogP contribution in [0.4, 0.5) is 0 Å². The lowest BCUT2D eigenvalue weighted by Gasteiger charge is -2.04. The zero-order chi connectivity index (χ0) is 14.6. The summed E-state index contributed by atoms with van der Waals surface area (Å²) < 4.78 is 10.9. The minimum absolute atomic E-state index is 0.0763. The Bertz CT molecular complexity index is 518. The van der Waals surface area contributed by atoms with Crippen molar-refractivity contribution in [3.8, 4) is 5.88 Å². The van der Waals surface area contributed by atoms with E-state index in [1.807, 2.05) is 0 Å². The van der Waals surface area contributed by atoms with E-state index in [0.717, 1.165) is 4.68 Å². The van der Waals surface area contributed by atoms with Crippen LogP contribution in [-0.4, -0.2) is 34.2 Å². The van der Waals surface area contributed by atoms with Gasteiger partial charge in [0.25, 0.3) is 0 Å². The van der Waals surface area contributed by atoms with Gasteiger partial charge in [0.05, 0.1) is 12.3 Å². The molecule has 0 aliphatic carbocycles. The second-order valence-electron chi connectivity index (χ2n) is 3.98. The molecule has 19 heavy (non-hydrogen) atoms. The number of carbonyl (C=O) groups excluding carboxylic acids is 3. The first-order chi connectivity index (χ1) is 8.82. The summed E-state index contributed by atoms with van der Waals surface area (Å²) in [6.07, 6.45) is 0.321. The Labute approximate surface area is 110 Å². The molecule has 1 aromatic rings. The Hall–Kier alpha value is -2.18. The molecule has 0 aliphatic rings. The van der Waals surface area contributed by atoms with Gasteiger partial charge in [0, 0.05) is 32.8 Å². The van der Waals surface area contributed by atoms with Gasteiger partial charge in [-0.25, -0.2) is 4.68 Å². The van der Waals surface area contributed by atoms with E-state index in [2.05, 4.69) is 5.10 Å². The molecule has 0 radical (unpaired) electrons. The molecule has 0 atom stereocenters. The maximum atomic E-state index is 11.4. The number of nitrogens with zero attached hydrogens (tertiary/aromatic N) is 2. The average molecular weight is 268 g/mol. The number of ether oxygens (including phenoxy) is 2. The second kappa shape index (κ2) is 6.12. The molecule has 0 bridgehead atoms. The molecule has 1 aromatic heterocycles. The van der Waals surface area contributed by atoms with Crippen LogP contribution < -0.4 is 4.74 Å². The third-order valence-electron chi connectivity index (χ3n) is 2.40. The molecule has 0 unspecified atom stereocenters. The van der Waals surface area contributed by atoms with Crippen LogP contribution in [0.25, 0.3) is 0 Å². The largest absolute Gasteiger partial charge is 0.466 e. The average Bonchev–Trinajstić information content (AvgIpc) is 2.56. The van der Waals surface area contributed by atoms with Crippen molar-refractivity contribution in [3.05, 3.63) is 11.3 Å². The molecular weight excluding hydrogens is 252 g/mol. The molecule has 1 rings (SSSR count). The van der Waals surface area contributed by atoms with Gasteiger partial charge in [-0.1, -0.05) is 0 Å². The standard InChI is InChI=1S/C12H16N2O5/c1-7-11(5-6-18-9(3)16)12(19-10(4)17)13-14(7)8(2)15/h5-6H2,1-4H3. The lowest BCUT2D eigenvalue weighted by molar-refractivity contribution is -0.141. The van der Waals surface area contributed by atoms with Crippen LogP contribution in [0.1, 0.15) is 36.8 Å². The van der Waals surface area contributed by atoms with Crippen molar-refractivity contribution in [2.75, 3.05) is 6.61 Å². The van der Waals surface area contributed by atoms with Crippen LogP contribution in [-0.2, 0) is 20.7 Å². The fourth-order valence-electron chi connectivity index (χ4n) is 1.62. The quantitative estimate of drug-likeness (QED) is 0.753. The van der Waals surface area contributed by atoms with Crippen LogP contribution in [0.2, 0.25) is 0 Å². The molecule has 0 aromatic carbocycles. The summed E-state index contributed by atoms with van der Waals surface area (Å²) in [7, 11) is 0. The third kappa shape index (κ3) is 3.90. The predicted octanol–water partition coefficient (Wildman–Crippen LogP) is 0.883. The SMILES string of the molecule is CC(=O)OCCc1c(OC(C)=O)nn(C(C)=O)c1C. The normalized spacial score (nSPS) is 10.1. The summed E-state index contributed by atoms with van der Waals surface area (Å²) in [6.45, 7) is 5.72. The lowest BCUT2D eigenvalue weighted by atomic mass is 10.2. The van der Waals surface area contributed by atoms with Crippen LogP contribution in [0, 0.1) is 6.92 Å². The maximum Gasteiger partial charge on any atom is 0.309 e. The fraction of sp³-hybridized carbons (Fsp3) is 0.500. The van der Waals surface area contributed by atoms with E-state index in [9.17, 15) is 14.4 Å². The first kappa shape index (κ1) is 14.9. The molecule has 0 saturated carbocycles. The maximum absolute atomic E-state index is 11.4. The van der Waals surface area contributed by atoms with E-state index in [4.69, 9.17) is 9.47 Å². The molecule has 0 fully saturated rings. The van der Waals surface area contributed by atoms with Gasteiger partial charge in [-0.2, -0.15) is 0 Å². The molecule has 0 spiro atoms. The summed E-state index contributed by atoms with van der Waals surface area (Å²) in [5.74, 6) is -1.13. The molecule has 0 N–H and O–H groups in total. The number of hydrogen-bond acceptors (Lipinski definition) is 6. The summed E-state index contributed by atoms with van der Waals surface area (Å²) in [5, 5.41) is 3.93. The van der Waals surface area contributed by atoms with E-state index in [1.54, 1.807) is 6.92 Å². The summed E-state index contributed by atoms with van der Waals surface area (Å²) >= 11 is 0. The highest BCUT2D eigenvalue weighted by atomic mass is 16.5. The number of aromatic nitrogens is 2. The highest BCUT2D eigenvalue weighted by Crippen LogP contribution is 2.22. The summed E-state index contributed by atoms with van der Waals surface area (Å²) in [6, 6.07) is 0. The van der Waals surface area contributed by atoms with Gasteiger partial charge >= 0.3 is 11.9 Å². The van der Waals surface area contributed by atoms with Gasteiger partial charge in [0.1, 0.15) is 0 Å². The molecule has 7 nitrogen and oxygen atoms in total. The van der Waals surface area contributed by atoms with Gasteiger partial charge in [0.2, 0.25) is 11.8 Å². The van der Waals surface area contributed by atoms with E-state index >= 15 is 0 Å². The molecule has 0 amide bonds. The molecular formula is C12H16N2O5. The van der Waals surface area contributed by atoms with Gasteiger partial charge in [-0.15, -0.1) is 5.10 Å². The summed E-state index contributed by atoms with van der Waals surface area (Å²) in [4.78, 5) is 33.1. The monoisotopic (exact) mass is 268 g/mol. The smallest absolute Gasteiger partial charge is 0.309 e. The lowest BCUT2D eigenvalue weighted by Crippen LogP contribution is -2.10. The number of carbonyl (C=O) groups is 3. The molecule has 0 aliphatic heterocycles. The van der Waals surface area contributed by atoms with Crippen molar-refractivity contribution in [3.63, 3.8) is 0 Å². The summed E-state index contributed by atoms with van der Waals surface area (Å²) in [5.41, 5.74) is 1.14. The van der Waals surface area contributed by atoms with Gasteiger partial charge in [0.15, 0.2) is 0 Å². The minimum atomic E-state index is -0.526. The van der Waals surface area contributed by atoms with Crippen molar-refractivity contribution >= 4 is 17.8 Å². The number of hydrogen-bond donors (Lipinski definition) is 0. The topological polar surface area (TPSA) is 87.5 Å². The second-order valence-corrected chi connectivity index (χ2v) is 3.98. The van der Waals surface area contributed by atoms with Crippen molar-refractivity contribution in [1.82, 2.24) is 9.78 Å². The molecule has 0 saturated heterocycles. The molecule has 104 valence electrons. The van der Waals surface area contributed by atoms with E-state index in [-0.39, 0.29) is 18.4 Å². The Morgan fingerprint density at radius 3 is 2.26 bits per heavy atom. The third-order valence-corrected chi connectivity index (χ3v) is 2.40. The van der Waals surface area contributed by atoms with E-state index in [1.165, 1.54) is 20.8 Å². The molecule has 7 heteroatoms.